The highest BCUT2D eigenvalue weighted by Crippen LogP contribution is 2.19. The number of halogens is 1. The maximum Gasteiger partial charge on any atom is 0.240 e. The minimum Gasteiger partial charge on any atom is -0.345 e. The molecular weight excluding hydrogens is 354 g/mol. The molecule has 0 atom stereocenters. The van der Waals surface area contributed by atoms with Crippen molar-refractivity contribution in [2.45, 2.75) is 37.1 Å². The van der Waals surface area contributed by atoms with Crippen molar-refractivity contribution in [2.24, 2.45) is 0 Å². The third kappa shape index (κ3) is 3.36. The summed E-state index contributed by atoms with van der Waals surface area (Å²) in [4.78, 5) is 7.94. The van der Waals surface area contributed by atoms with E-state index in [1.165, 1.54) is 6.42 Å². The van der Waals surface area contributed by atoms with E-state index in [0.717, 1.165) is 35.1 Å². The summed E-state index contributed by atoms with van der Waals surface area (Å²) in [6, 6.07) is 6.56. The number of H-pyrrole nitrogens is 1. The van der Waals surface area contributed by atoms with Gasteiger partial charge in [-0.15, -0.1) is 0 Å². The second-order valence-electron chi connectivity index (χ2n) is 5.09. The third-order valence-corrected chi connectivity index (χ3v) is 5.50. The van der Waals surface area contributed by atoms with Gasteiger partial charge < -0.3 is 4.98 Å². The van der Waals surface area contributed by atoms with Gasteiger partial charge in [-0.3, -0.25) is 0 Å². The van der Waals surface area contributed by atoms with Crippen LogP contribution in [0.4, 0.5) is 0 Å². The largest absolute Gasteiger partial charge is 0.345 e. The predicted molar refractivity (Wildman–Crippen MR) is 83.4 cm³/mol. The van der Waals surface area contributed by atoms with E-state index >= 15 is 0 Å². The van der Waals surface area contributed by atoms with Crippen molar-refractivity contribution in [3.63, 3.8) is 0 Å². The summed E-state index contributed by atoms with van der Waals surface area (Å²) in [5.74, 6) is 0.683. The van der Waals surface area contributed by atoms with Gasteiger partial charge in [-0.25, -0.2) is 18.1 Å². The highest BCUT2D eigenvalue weighted by atomic mass is 79.9. The number of sulfonamides is 1. The Labute approximate surface area is 132 Å². The van der Waals surface area contributed by atoms with E-state index in [0.29, 0.717) is 5.82 Å². The SMILES string of the molecule is O=S(=O)(NCc1nc2c([nH]1)CCCC2)c1ccc(Br)cc1. The number of hydrogen-bond donors (Lipinski definition) is 2. The molecule has 5 nitrogen and oxygen atoms in total. The molecule has 0 saturated heterocycles. The molecule has 7 heteroatoms. The third-order valence-electron chi connectivity index (χ3n) is 3.56. The Bertz CT molecular complexity index is 715. The second-order valence-corrected chi connectivity index (χ2v) is 7.78. The van der Waals surface area contributed by atoms with E-state index in [1.54, 1.807) is 24.3 Å². The second kappa shape index (κ2) is 5.90. The minimum atomic E-state index is -3.51. The van der Waals surface area contributed by atoms with Crippen LogP contribution in [0.2, 0.25) is 0 Å². The Hall–Kier alpha value is -1.18. The molecule has 0 saturated carbocycles. The summed E-state index contributed by atoms with van der Waals surface area (Å²) >= 11 is 3.29. The molecule has 1 aliphatic rings. The van der Waals surface area contributed by atoms with E-state index < -0.39 is 10.0 Å². The van der Waals surface area contributed by atoms with Gasteiger partial charge in [0.1, 0.15) is 5.82 Å². The van der Waals surface area contributed by atoms with Crippen molar-refractivity contribution in [1.29, 1.82) is 0 Å². The smallest absolute Gasteiger partial charge is 0.240 e. The van der Waals surface area contributed by atoms with Crippen molar-refractivity contribution in [3.05, 3.63) is 46.0 Å². The Morgan fingerprint density at radius 1 is 1.19 bits per heavy atom. The van der Waals surface area contributed by atoms with Crippen molar-refractivity contribution in [2.75, 3.05) is 0 Å². The number of fused-ring (bicyclic) bond motifs is 1. The topological polar surface area (TPSA) is 74.8 Å². The van der Waals surface area contributed by atoms with Crippen molar-refractivity contribution < 1.29 is 8.42 Å². The summed E-state index contributed by atoms with van der Waals surface area (Å²) < 4.78 is 27.8. The van der Waals surface area contributed by atoms with Gasteiger partial charge in [-0.2, -0.15) is 0 Å². The van der Waals surface area contributed by atoms with Crippen LogP contribution in [0.15, 0.2) is 33.6 Å². The number of hydrogen-bond acceptors (Lipinski definition) is 3. The Balaban J connectivity index is 1.71. The fourth-order valence-electron chi connectivity index (χ4n) is 2.46. The Morgan fingerprint density at radius 3 is 2.62 bits per heavy atom. The van der Waals surface area contributed by atoms with Crippen LogP contribution >= 0.6 is 15.9 Å². The molecule has 2 aromatic rings. The summed E-state index contributed by atoms with van der Waals surface area (Å²) in [6.45, 7) is 0.186. The zero-order chi connectivity index (χ0) is 14.9. The van der Waals surface area contributed by atoms with E-state index in [1.807, 2.05) is 0 Å². The van der Waals surface area contributed by atoms with Crippen LogP contribution in [0.25, 0.3) is 0 Å². The molecule has 0 aliphatic heterocycles. The lowest BCUT2D eigenvalue weighted by molar-refractivity contribution is 0.579. The van der Waals surface area contributed by atoms with Gasteiger partial charge >= 0.3 is 0 Å². The predicted octanol–water partition coefficient (Wildman–Crippen LogP) is 2.53. The molecule has 1 heterocycles. The zero-order valence-corrected chi connectivity index (χ0v) is 13.8. The average molecular weight is 370 g/mol. The molecular formula is C14H16BrN3O2S. The average Bonchev–Trinajstić information content (AvgIpc) is 2.89. The first-order valence-electron chi connectivity index (χ1n) is 6.86. The standard InChI is InChI=1S/C14H16BrN3O2S/c15-10-5-7-11(8-6-10)21(19,20)16-9-14-17-12-3-1-2-4-13(12)18-14/h5-8,16H,1-4,9H2,(H,17,18). The molecule has 0 radical (unpaired) electrons. The van der Waals surface area contributed by atoms with Crippen LogP contribution in [-0.2, 0) is 29.4 Å². The first-order valence-corrected chi connectivity index (χ1v) is 9.14. The summed E-state index contributed by atoms with van der Waals surface area (Å²) in [5, 5.41) is 0. The van der Waals surface area contributed by atoms with E-state index in [-0.39, 0.29) is 11.4 Å². The number of aryl methyl sites for hydroxylation is 2. The first kappa shape index (κ1) is 14.7. The molecule has 0 unspecified atom stereocenters. The molecule has 3 rings (SSSR count). The van der Waals surface area contributed by atoms with Crippen LogP contribution in [0, 0.1) is 0 Å². The van der Waals surface area contributed by atoms with Crippen LogP contribution in [0.5, 0.6) is 0 Å². The molecule has 2 N–H and O–H groups in total. The lowest BCUT2D eigenvalue weighted by Crippen LogP contribution is -2.23. The van der Waals surface area contributed by atoms with Crippen LogP contribution in [0.3, 0.4) is 0 Å². The van der Waals surface area contributed by atoms with Gasteiger partial charge in [0.2, 0.25) is 10.0 Å². The Kier molecular flexibility index (Phi) is 4.14. The summed E-state index contributed by atoms with van der Waals surface area (Å²) in [5.41, 5.74) is 2.23. The van der Waals surface area contributed by atoms with Gasteiger partial charge in [0, 0.05) is 10.2 Å². The fourth-order valence-corrected chi connectivity index (χ4v) is 3.71. The molecule has 1 aromatic carbocycles. The van der Waals surface area contributed by atoms with Crippen LogP contribution < -0.4 is 4.72 Å². The summed E-state index contributed by atoms with van der Waals surface area (Å²) in [6.07, 6.45) is 4.30. The molecule has 112 valence electrons. The maximum absolute atomic E-state index is 12.2. The molecule has 0 amide bonds. The lowest BCUT2D eigenvalue weighted by Gasteiger charge is -2.07. The number of imidazole rings is 1. The molecule has 0 spiro atoms. The van der Waals surface area contributed by atoms with Gasteiger partial charge in [-0.05, 0) is 49.9 Å². The fraction of sp³-hybridized carbons (Fsp3) is 0.357. The molecule has 21 heavy (non-hydrogen) atoms. The number of benzene rings is 1. The van der Waals surface area contributed by atoms with Gasteiger partial charge in [-0.1, -0.05) is 15.9 Å². The van der Waals surface area contributed by atoms with Crippen molar-refractivity contribution in [1.82, 2.24) is 14.7 Å². The van der Waals surface area contributed by atoms with Crippen molar-refractivity contribution >= 4 is 26.0 Å². The Morgan fingerprint density at radius 2 is 1.90 bits per heavy atom. The van der Waals surface area contributed by atoms with Gasteiger partial charge in [0.15, 0.2) is 0 Å². The van der Waals surface area contributed by atoms with Crippen LogP contribution in [-0.4, -0.2) is 18.4 Å². The number of aromatic nitrogens is 2. The van der Waals surface area contributed by atoms with Crippen LogP contribution in [0.1, 0.15) is 30.1 Å². The highest BCUT2D eigenvalue weighted by Gasteiger charge is 2.17. The first-order chi connectivity index (χ1) is 10.0. The molecule has 0 fully saturated rings. The van der Waals surface area contributed by atoms with Gasteiger partial charge in [0.05, 0.1) is 17.1 Å². The van der Waals surface area contributed by atoms with E-state index in [4.69, 9.17) is 0 Å². The van der Waals surface area contributed by atoms with E-state index in [2.05, 4.69) is 30.6 Å². The lowest BCUT2D eigenvalue weighted by atomic mass is 10.0. The molecule has 1 aromatic heterocycles. The monoisotopic (exact) mass is 369 g/mol. The normalized spacial score (nSPS) is 14.9. The molecule has 0 bridgehead atoms. The number of nitrogens with one attached hydrogen (secondary N) is 2. The number of rotatable bonds is 4. The number of aromatic amines is 1. The minimum absolute atomic E-state index is 0.186. The van der Waals surface area contributed by atoms with E-state index in [9.17, 15) is 8.42 Å². The van der Waals surface area contributed by atoms with Gasteiger partial charge in [0.25, 0.3) is 0 Å². The zero-order valence-electron chi connectivity index (χ0n) is 11.4. The number of nitrogens with zero attached hydrogens (tertiary/aromatic N) is 1. The summed E-state index contributed by atoms with van der Waals surface area (Å²) in [7, 11) is -3.51. The van der Waals surface area contributed by atoms with Crippen molar-refractivity contribution in [3.8, 4) is 0 Å². The quantitative estimate of drug-likeness (QED) is 0.869. The maximum atomic E-state index is 12.2. The molecule has 1 aliphatic carbocycles. The highest BCUT2D eigenvalue weighted by molar-refractivity contribution is 9.10.